The summed E-state index contributed by atoms with van der Waals surface area (Å²) in [6, 6.07) is -5.42. The first-order valence-corrected chi connectivity index (χ1v) is 21.8. The van der Waals surface area contributed by atoms with Gasteiger partial charge in [-0.05, 0) is 95.1 Å². The molecule has 10 N–H and O–H groups in total. The van der Waals surface area contributed by atoms with Crippen LogP contribution in [0.3, 0.4) is 0 Å². The number of allylic oxidation sites excluding steroid dienone is 1. The zero-order valence-electron chi connectivity index (χ0n) is 39.6. The minimum absolute atomic E-state index is 0.0814. The lowest BCUT2D eigenvalue weighted by molar-refractivity contribution is -0.306. The Kier molecular flexibility index (Phi) is 16.5. The standard InChI is InChI=1S/C43H72N6O16/c1-21(2)60-35(53)47-24-15-14-23(19-44)61-30(24)27-25(48-37(55)64-40(6,7)8)16-26(46-34(52)43(58)17-22(18-43)45-36(54)63-39(3,4)5)31(28(27)50)62-33-29(51)32(42(12,57)20-59-33)49(13)38(56)65-41(9,10)11/h14,22,24-33,50-51,57-58H,1,15-20,44H2,2-13H3,(H,45,54)(H,46,52)(H,47,53)(H,48,55)/t22?,24-,25+,26-,27?,28+,29-,30+,31+,32-,33-,42+,43?/m1/s1. The molecular formula is C43H72N6O16. The van der Waals surface area contributed by atoms with Crippen molar-refractivity contribution in [2.45, 2.75) is 191 Å². The molecule has 22 nitrogen and oxygen atoms in total. The molecule has 370 valence electrons. The van der Waals surface area contributed by atoms with E-state index in [0.29, 0.717) is 5.76 Å². The van der Waals surface area contributed by atoms with E-state index in [0.717, 1.165) is 4.90 Å². The van der Waals surface area contributed by atoms with Crippen LogP contribution < -0.4 is 27.0 Å². The molecule has 0 radical (unpaired) electrons. The van der Waals surface area contributed by atoms with Gasteiger partial charge >= 0.3 is 24.4 Å². The fourth-order valence-corrected chi connectivity index (χ4v) is 8.41. The van der Waals surface area contributed by atoms with Crippen LogP contribution in [0.15, 0.2) is 24.2 Å². The Morgan fingerprint density at radius 2 is 1.40 bits per heavy atom. The first-order valence-electron chi connectivity index (χ1n) is 21.8. The Labute approximate surface area is 380 Å². The molecule has 2 saturated carbocycles. The van der Waals surface area contributed by atoms with Crippen molar-refractivity contribution in [3.8, 4) is 0 Å². The summed E-state index contributed by atoms with van der Waals surface area (Å²) in [5.74, 6) is -1.77. The van der Waals surface area contributed by atoms with E-state index in [1.54, 1.807) is 68.4 Å². The van der Waals surface area contributed by atoms with Crippen molar-refractivity contribution in [1.82, 2.24) is 26.2 Å². The minimum Gasteiger partial charge on any atom is -0.491 e. The molecule has 0 aromatic carbocycles. The molecule has 1 saturated heterocycles. The molecule has 4 rings (SSSR count). The highest BCUT2D eigenvalue weighted by molar-refractivity contribution is 5.87. The number of ether oxygens (including phenoxy) is 7. The predicted molar refractivity (Wildman–Crippen MR) is 230 cm³/mol. The number of aliphatic hydroxyl groups excluding tert-OH is 2. The summed E-state index contributed by atoms with van der Waals surface area (Å²) in [5.41, 5.74) is -0.585. The zero-order valence-corrected chi connectivity index (χ0v) is 39.6. The van der Waals surface area contributed by atoms with Gasteiger partial charge in [-0.2, -0.15) is 0 Å². The number of hydrogen-bond acceptors (Lipinski definition) is 17. The van der Waals surface area contributed by atoms with E-state index in [1.807, 2.05) is 0 Å². The molecule has 2 heterocycles. The zero-order chi connectivity index (χ0) is 49.2. The summed E-state index contributed by atoms with van der Waals surface area (Å²) in [5, 5.41) is 58.5. The Bertz CT molecular complexity index is 1780. The number of hydrogen-bond donors (Lipinski definition) is 9. The second-order valence-corrected chi connectivity index (χ2v) is 20.6. The maximum atomic E-state index is 14.1. The van der Waals surface area contributed by atoms with E-state index in [2.05, 4.69) is 27.8 Å². The molecule has 5 amide bonds. The van der Waals surface area contributed by atoms with Gasteiger partial charge in [-0.15, -0.1) is 0 Å². The van der Waals surface area contributed by atoms with Crippen molar-refractivity contribution >= 4 is 30.3 Å². The summed E-state index contributed by atoms with van der Waals surface area (Å²) >= 11 is 0. The molecule has 65 heavy (non-hydrogen) atoms. The summed E-state index contributed by atoms with van der Waals surface area (Å²) < 4.78 is 40.3. The lowest BCUT2D eigenvalue weighted by atomic mass is 9.71. The number of rotatable bonds is 11. The van der Waals surface area contributed by atoms with Crippen LogP contribution in [0.2, 0.25) is 0 Å². The van der Waals surface area contributed by atoms with E-state index in [4.69, 9.17) is 38.9 Å². The third-order valence-corrected chi connectivity index (χ3v) is 11.0. The molecule has 4 aliphatic rings. The molecule has 2 aliphatic heterocycles. The first kappa shape index (κ1) is 53.2. The van der Waals surface area contributed by atoms with Gasteiger partial charge in [0.25, 0.3) is 5.91 Å². The molecule has 0 aromatic rings. The second-order valence-electron chi connectivity index (χ2n) is 20.6. The number of likely N-dealkylation sites (N-methyl/N-ethyl adjacent to an activating group) is 1. The van der Waals surface area contributed by atoms with Gasteiger partial charge in [0.05, 0.1) is 43.1 Å². The SMILES string of the molecule is C=C(C)OC(=O)N[C@@H]1CC=C(CN)O[C@@H]1C1[C@@H](NC(=O)OC(C)(C)C)C[C@@H](NC(=O)C2(O)CC(NC(=O)OC(C)(C)C)C2)[C@H](O[C@H]2OC[C@](C)(O)[C@H](N(C)C(=O)OC(C)(C)C)[C@H]2O)[C@H]1O. The van der Waals surface area contributed by atoms with Crippen molar-refractivity contribution in [2.24, 2.45) is 11.7 Å². The topological polar surface area (TPSA) is 308 Å². The van der Waals surface area contributed by atoms with Crippen molar-refractivity contribution in [2.75, 3.05) is 20.2 Å². The van der Waals surface area contributed by atoms with E-state index >= 15 is 0 Å². The van der Waals surface area contributed by atoms with Gasteiger partial charge in [0.2, 0.25) is 0 Å². The number of aliphatic hydroxyl groups is 4. The van der Waals surface area contributed by atoms with E-state index < -0.39 is 132 Å². The molecular weight excluding hydrogens is 856 g/mol. The largest absolute Gasteiger partial charge is 0.491 e. The highest BCUT2D eigenvalue weighted by Gasteiger charge is 2.58. The van der Waals surface area contributed by atoms with Crippen molar-refractivity contribution in [3.05, 3.63) is 24.2 Å². The van der Waals surface area contributed by atoms with Crippen molar-refractivity contribution in [3.63, 3.8) is 0 Å². The molecule has 0 aromatic heterocycles. The number of alkyl carbamates (subject to hydrolysis) is 3. The number of carbonyl (C=O) groups is 5. The van der Waals surface area contributed by atoms with Gasteiger partial charge in [0.1, 0.15) is 52.1 Å². The van der Waals surface area contributed by atoms with E-state index in [9.17, 15) is 44.4 Å². The second kappa shape index (κ2) is 20.2. The normalized spacial score (nSPS) is 33.9. The highest BCUT2D eigenvalue weighted by atomic mass is 16.7. The molecule has 2 aliphatic carbocycles. The van der Waals surface area contributed by atoms with E-state index in [1.165, 1.54) is 20.9 Å². The predicted octanol–water partition coefficient (Wildman–Crippen LogP) is 1.51. The van der Waals surface area contributed by atoms with Crippen LogP contribution in [-0.4, -0.2) is 165 Å². The fraction of sp³-hybridized carbons (Fsp3) is 0.791. The summed E-state index contributed by atoms with van der Waals surface area (Å²) in [4.78, 5) is 67.4. The smallest absolute Gasteiger partial charge is 0.412 e. The third-order valence-electron chi connectivity index (χ3n) is 11.0. The van der Waals surface area contributed by atoms with Gasteiger partial charge in [-0.25, -0.2) is 19.2 Å². The molecule has 11 atom stereocenters. The van der Waals surface area contributed by atoms with Crippen LogP contribution >= 0.6 is 0 Å². The molecule has 3 fully saturated rings. The monoisotopic (exact) mass is 929 g/mol. The summed E-state index contributed by atoms with van der Waals surface area (Å²) in [7, 11) is 1.32. The summed E-state index contributed by atoms with van der Waals surface area (Å²) in [6.45, 7) is 20.8. The van der Waals surface area contributed by atoms with Crippen LogP contribution in [0.5, 0.6) is 0 Å². The number of amides is 5. The number of carbonyl (C=O) groups excluding carboxylic acids is 5. The quantitative estimate of drug-likeness (QED) is 0.105. The maximum Gasteiger partial charge on any atom is 0.412 e. The van der Waals surface area contributed by atoms with Crippen LogP contribution in [-0.2, 0) is 38.0 Å². The lowest BCUT2D eigenvalue weighted by Gasteiger charge is -2.52. The number of nitrogens with zero attached hydrogens (tertiary/aromatic N) is 1. The highest BCUT2D eigenvalue weighted by Crippen LogP contribution is 2.40. The number of nitrogens with two attached hydrogens (primary N) is 1. The Balaban J connectivity index is 1.77. The van der Waals surface area contributed by atoms with Crippen molar-refractivity contribution in [1.29, 1.82) is 0 Å². The van der Waals surface area contributed by atoms with Crippen LogP contribution in [0.25, 0.3) is 0 Å². The molecule has 0 bridgehead atoms. The molecule has 1 unspecified atom stereocenters. The molecule has 22 heteroatoms. The average Bonchev–Trinajstić information content (AvgIpc) is 3.10. The van der Waals surface area contributed by atoms with Gasteiger partial charge in [0.15, 0.2) is 6.29 Å². The van der Waals surface area contributed by atoms with Crippen LogP contribution in [0.1, 0.15) is 102 Å². The average molecular weight is 929 g/mol. The minimum atomic E-state index is -2.02. The summed E-state index contributed by atoms with van der Waals surface area (Å²) in [6.07, 6.45) is -10.4. The van der Waals surface area contributed by atoms with Gasteiger partial charge < -0.3 is 85.5 Å². The van der Waals surface area contributed by atoms with Gasteiger partial charge in [-0.3, -0.25) is 4.79 Å². The van der Waals surface area contributed by atoms with Gasteiger partial charge in [-0.1, -0.05) is 6.58 Å². The Morgan fingerprint density at radius 1 is 0.846 bits per heavy atom. The van der Waals surface area contributed by atoms with Gasteiger partial charge in [0, 0.05) is 37.9 Å². The Hall–Kier alpha value is -4.45. The molecule has 0 spiro atoms. The maximum absolute atomic E-state index is 14.1. The number of nitrogens with one attached hydrogen (secondary N) is 4. The van der Waals surface area contributed by atoms with Crippen molar-refractivity contribution < 1.29 is 77.6 Å². The van der Waals surface area contributed by atoms with Crippen LogP contribution in [0, 0.1) is 5.92 Å². The first-order chi connectivity index (χ1) is 29.7. The lowest BCUT2D eigenvalue weighted by Crippen LogP contribution is -2.72. The van der Waals surface area contributed by atoms with E-state index in [-0.39, 0.29) is 38.0 Å². The van der Waals surface area contributed by atoms with Crippen LogP contribution in [0.4, 0.5) is 19.2 Å². The fourth-order valence-electron chi connectivity index (χ4n) is 8.41. The Morgan fingerprint density at radius 3 is 1.94 bits per heavy atom. The third kappa shape index (κ3) is 14.3.